The van der Waals surface area contributed by atoms with Crippen molar-refractivity contribution in [1.29, 1.82) is 0 Å². The Labute approximate surface area is 195 Å². The van der Waals surface area contributed by atoms with E-state index in [0.717, 1.165) is 62.3 Å². The van der Waals surface area contributed by atoms with E-state index in [4.69, 9.17) is 10.1 Å². The molecule has 0 saturated heterocycles. The Morgan fingerprint density at radius 1 is 0.970 bits per heavy atom. The Morgan fingerprint density at radius 3 is 2.52 bits per heavy atom. The first kappa shape index (κ1) is 22.8. The van der Waals surface area contributed by atoms with Crippen molar-refractivity contribution >= 4 is 0 Å². The maximum absolute atomic E-state index is 4.85. The number of aryl methyl sites for hydroxylation is 2. The first-order chi connectivity index (χ1) is 16.1. The summed E-state index contributed by atoms with van der Waals surface area (Å²) in [5.74, 6) is 3.37. The van der Waals surface area contributed by atoms with Gasteiger partial charge in [0, 0.05) is 18.4 Å². The predicted octanol–water partition coefficient (Wildman–Crippen LogP) is 5.03. The number of unbranched alkanes of at least 4 members (excludes halogenated alkanes) is 1. The molecule has 4 rings (SSSR count). The summed E-state index contributed by atoms with van der Waals surface area (Å²) in [6.45, 7) is 7.48. The Kier molecular flexibility index (Phi) is 7.60. The summed E-state index contributed by atoms with van der Waals surface area (Å²) in [7, 11) is 0. The number of hydrogen-bond donors (Lipinski definition) is 1. The van der Waals surface area contributed by atoms with Gasteiger partial charge >= 0.3 is 0 Å². The SMILES string of the molecule is CCCCc1nc(CCC(C)C)nn1Cc1ccc(Cc2cccc(-c3nn[nH]n3)c2)cc1. The minimum atomic E-state index is 0.617. The minimum absolute atomic E-state index is 0.617. The smallest absolute Gasteiger partial charge is 0.204 e. The van der Waals surface area contributed by atoms with E-state index in [1.165, 1.54) is 16.7 Å². The topological polar surface area (TPSA) is 85.2 Å². The van der Waals surface area contributed by atoms with Crippen LogP contribution in [0.5, 0.6) is 0 Å². The number of rotatable bonds is 11. The van der Waals surface area contributed by atoms with Crippen molar-refractivity contribution in [2.75, 3.05) is 0 Å². The summed E-state index contributed by atoms with van der Waals surface area (Å²) >= 11 is 0. The van der Waals surface area contributed by atoms with Crippen LogP contribution in [0.4, 0.5) is 0 Å². The highest BCUT2D eigenvalue weighted by Crippen LogP contribution is 2.18. The zero-order chi connectivity index (χ0) is 23.0. The van der Waals surface area contributed by atoms with Crippen LogP contribution in [0, 0.1) is 5.92 Å². The summed E-state index contributed by atoms with van der Waals surface area (Å²) in [4.78, 5) is 4.85. The van der Waals surface area contributed by atoms with Crippen LogP contribution in [0.25, 0.3) is 11.4 Å². The third kappa shape index (κ3) is 6.34. The molecule has 33 heavy (non-hydrogen) atoms. The molecule has 0 aliphatic carbocycles. The molecule has 172 valence electrons. The number of tetrazole rings is 1. The van der Waals surface area contributed by atoms with Gasteiger partial charge in [-0.25, -0.2) is 9.67 Å². The number of H-pyrrole nitrogens is 1. The molecule has 2 aromatic carbocycles. The number of benzene rings is 2. The first-order valence-corrected chi connectivity index (χ1v) is 11.9. The highest BCUT2D eigenvalue weighted by molar-refractivity contribution is 5.55. The summed E-state index contributed by atoms with van der Waals surface area (Å²) in [6, 6.07) is 17.1. The quantitative estimate of drug-likeness (QED) is 0.351. The van der Waals surface area contributed by atoms with Gasteiger partial charge in [-0.15, -0.1) is 10.2 Å². The second kappa shape index (κ2) is 11.0. The van der Waals surface area contributed by atoms with Crippen molar-refractivity contribution in [2.24, 2.45) is 5.92 Å². The molecule has 0 bridgehead atoms. The Hall–Kier alpha value is -3.35. The largest absolute Gasteiger partial charge is 0.245 e. The van der Waals surface area contributed by atoms with E-state index in [0.29, 0.717) is 11.7 Å². The van der Waals surface area contributed by atoms with E-state index in [-0.39, 0.29) is 0 Å². The van der Waals surface area contributed by atoms with Crippen molar-refractivity contribution in [3.8, 4) is 11.4 Å². The number of nitrogens with one attached hydrogen (secondary N) is 1. The maximum atomic E-state index is 4.85. The summed E-state index contributed by atoms with van der Waals surface area (Å²) in [6.07, 6.45) is 6.23. The maximum Gasteiger partial charge on any atom is 0.204 e. The molecular formula is C26H33N7. The number of aromatic nitrogens is 7. The van der Waals surface area contributed by atoms with E-state index in [9.17, 15) is 0 Å². The monoisotopic (exact) mass is 443 g/mol. The van der Waals surface area contributed by atoms with Crippen molar-refractivity contribution < 1.29 is 0 Å². The molecule has 0 radical (unpaired) electrons. The van der Waals surface area contributed by atoms with Gasteiger partial charge in [0.25, 0.3) is 0 Å². The summed E-state index contributed by atoms with van der Waals surface area (Å²) in [5, 5.41) is 19.1. The number of aromatic amines is 1. The average Bonchev–Trinajstić information content (AvgIpc) is 3.48. The van der Waals surface area contributed by atoms with Crippen LogP contribution in [0.15, 0.2) is 48.5 Å². The molecule has 7 heteroatoms. The van der Waals surface area contributed by atoms with Crippen molar-refractivity contribution in [2.45, 2.75) is 65.8 Å². The standard InChI is InChI=1S/C26H33N7/c1-4-5-9-25-27-24(15-10-19(2)3)30-33(25)18-21-13-11-20(12-14-21)16-22-7-6-8-23(17-22)26-28-31-32-29-26/h6-8,11-14,17,19H,4-5,9-10,15-16,18H2,1-3H3,(H,28,29,31,32). The molecule has 4 aromatic rings. The van der Waals surface area contributed by atoms with Crippen LogP contribution >= 0.6 is 0 Å². The van der Waals surface area contributed by atoms with E-state index < -0.39 is 0 Å². The molecule has 7 nitrogen and oxygen atoms in total. The molecule has 2 aromatic heterocycles. The molecule has 0 fully saturated rings. The summed E-state index contributed by atoms with van der Waals surface area (Å²) in [5.41, 5.74) is 4.71. The fourth-order valence-electron chi connectivity index (χ4n) is 3.87. The van der Waals surface area contributed by atoms with Gasteiger partial charge in [0.1, 0.15) is 5.82 Å². The van der Waals surface area contributed by atoms with Gasteiger partial charge in [0.15, 0.2) is 5.82 Å². The first-order valence-electron chi connectivity index (χ1n) is 11.9. The Bertz CT molecular complexity index is 1130. The zero-order valence-electron chi connectivity index (χ0n) is 19.8. The minimum Gasteiger partial charge on any atom is -0.245 e. The zero-order valence-corrected chi connectivity index (χ0v) is 19.8. The second-order valence-electron chi connectivity index (χ2n) is 9.07. The fraction of sp³-hybridized carbons (Fsp3) is 0.423. The van der Waals surface area contributed by atoms with Gasteiger partial charge in [0.2, 0.25) is 5.82 Å². The molecular weight excluding hydrogens is 410 g/mol. The van der Waals surface area contributed by atoms with Crippen LogP contribution in [0.1, 0.15) is 68.4 Å². The van der Waals surface area contributed by atoms with E-state index in [1.807, 2.05) is 12.1 Å². The van der Waals surface area contributed by atoms with Crippen LogP contribution in [-0.4, -0.2) is 35.4 Å². The van der Waals surface area contributed by atoms with Gasteiger partial charge in [-0.3, -0.25) is 0 Å². The lowest BCUT2D eigenvalue weighted by Gasteiger charge is -2.08. The molecule has 0 unspecified atom stereocenters. The van der Waals surface area contributed by atoms with Gasteiger partial charge in [-0.2, -0.15) is 10.3 Å². The third-order valence-corrected chi connectivity index (χ3v) is 5.79. The fourth-order valence-corrected chi connectivity index (χ4v) is 3.87. The van der Waals surface area contributed by atoms with Crippen LogP contribution in [0.3, 0.4) is 0 Å². The van der Waals surface area contributed by atoms with Crippen molar-refractivity contribution in [3.63, 3.8) is 0 Å². The molecule has 1 N–H and O–H groups in total. The van der Waals surface area contributed by atoms with E-state index >= 15 is 0 Å². The third-order valence-electron chi connectivity index (χ3n) is 5.79. The molecule has 2 heterocycles. The van der Waals surface area contributed by atoms with Crippen LogP contribution in [0.2, 0.25) is 0 Å². The van der Waals surface area contributed by atoms with E-state index in [2.05, 4.69) is 82.5 Å². The number of hydrogen-bond acceptors (Lipinski definition) is 5. The van der Waals surface area contributed by atoms with Gasteiger partial charge in [-0.1, -0.05) is 69.7 Å². The average molecular weight is 444 g/mol. The second-order valence-corrected chi connectivity index (χ2v) is 9.07. The molecule has 0 aliphatic heterocycles. The van der Waals surface area contributed by atoms with Gasteiger partial charge in [0.05, 0.1) is 6.54 Å². The highest BCUT2D eigenvalue weighted by atomic mass is 15.5. The molecule has 0 saturated carbocycles. The van der Waals surface area contributed by atoms with E-state index in [1.54, 1.807) is 0 Å². The van der Waals surface area contributed by atoms with Crippen LogP contribution < -0.4 is 0 Å². The van der Waals surface area contributed by atoms with Crippen LogP contribution in [-0.2, 0) is 25.8 Å². The lowest BCUT2D eigenvalue weighted by molar-refractivity contribution is 0.567. The Morgan fingerprint density at radius 2 is 1.79 bits per heavy atom. The molecule has 0 spiro atoms. The lowest BCUT2D eigenvalue weighted by atomic mass is 10.0. The van der Waals surface area contributed by atoms with Crippen molar-refractivity contribution in [1.82, 2.24) is 35.4 Å². The molecule has 0 aliphatic rings. The lowest BCUT2D eigenvalue weighted by Crippen LogP contribution is -2.07. The van der Waals surface area contributed by atoms with Gasteiger partial charge < -0.3 is 0 Å². The normalized spacial score (nSPS) is 11.4. The molecule has 0 atom stereocenters. The molecule has 0 amide bonds. The van der Waals surface area contributed by atoms with Crippen molar-refractivity contribution in [3.05, 3.63) is 76.9 Å². The Balaban J connectivity index is 1.44. The van der Waals surface area contributed by atoms with Gasteiger partial charge in [-0.05, 0) is 53.2 Å². The predicted molar refractivity (Wildman–Crippen MR) is 130 cm³/mol. The number of nitrogens with zero attached hydrogens (tertiary/aromatic N) is 6. The highest BCUT2D eigenvalue weighted by Gasteiger charge is 2.11. The summed E-state index contributed by atoms with van der Waals surface area (Å²) < 4.78 is 2.11.